The molecule has 0 saturated heterocycles. The molecule has 3 nitrogen and oxygen atoms in total. The Kier molecular flexibility index (Phi) is 5.18. The van der Waals surface area contributed by atoms with Gasteiger partial charge in [0, 0.05) is 12.1 Å². The summed E-state index contributed by atoms with van der Waals surface area (Å²) in [5.74, 6) is 0.634. The normalized spacial score (nSPS) is 11.1. The zero-order valence-electron chi connectivity index (χ0n) is 11.7. The summed E-state index contributed by atoms with van der Waals surface area (Å²) < 4.78 is 5.14. The summed E-state index contributed by atoms with van der Waals surface area (Å²) in [5, 5.41) is 12.6. The summed E-state index contributed by atoms with van der Waals surface area (Å²) in [6.07, 6.45) is 2.18. The van der Waals surface area contributed by atoms with E-state index in [1.807, 2.05) is 18.2 Å². The van der Waals surface area contributed by atoms with Crippen molar-refractivity contribution in [3.8, 4) is 11.8 Å². The van der Waals surface area contributed by atoms with Crippen LogP contribution in [0.4, 0.5) is 0 Å². The number of rotatable bonds is 6. The van der Waals surface area contributed by atoms with E-state index in [0.29, 0.717) is 11.3 Å². The number of hydrogen-bond acceptors (Lipinski definition) is 3. The van der Waals surface area contributed by atoms with Gasteiger partial charge in [-0.15, -0.1) is 0 Å². The Morgan fingerprint density at radius 1 is 1.33 bits per heavy atom. The van der Waals surface area contributed by atoms with Crippen molar-refractivity contribution in [1.29, 1.82) is 5.26 Å². The van der Waals surface area contributed by atoms with Crippen LogP contribution in [0.3, 0.4) is 0 Å². The first-order chi connectivity index (χ1) is 8.58. The summed E-state index contributed by atoms with van der Waals surface area (Å²) in [4.78, 5) is 0. The van der Waals surface area contributed by atoms with Crippen LogP contribution in [0.1, 0.15) is 44.7 Å². The highest BCUT2D eigenvalue weighted by Crippen LogP contribution is 2.20. The molecule has 0 unspecified atom stereocenters. The summed E-state index contributed by atoms with van der Waals surface area (Å²) in [5.41, 5.74) is 1.86. The number of nitriles is 1. The van der Waals surface area contributed by atoms with Crippen molar-refractivity contribution in [1.82, 2.24) is 5.32 Å². The van der Waals surface area contributed by atoms with E-state index in [0.717, 1.165) is 24.9 Å². The Labute approximate surface area is 110 Å². The van der Waals surface area contributed by atoms with Gasteiger partial charge in [-0.05, 0) is 37.5 Å². The molecule has 0 fully saturated rings. The van der Waals surface area contributed by atoms with Gasteiger partial charge in [-0.25, -0.2) is 0 Å². The number of ether oxygens (including phenoxy) is 1. The first-order valence-electron chi connectivity index (χ1n) is 6.40. The summed E-state index contributed by atoms with van der Waals surface area (Å²) in [6, 6.07) is 7.90. The second kappa shape index (κ2) is 6.42. The minimum atomic E-state index is 0.159. The van der Waals surface area contributed by atoms with Crippen molar-refractivity contribution in [2.24, 2.45) is 0 Å². The first kappa shape index (κ1) is 14.5. The zero-order chi connectivity index (χ0) is 13.6. The molecule has 0 amide bonds. The smallest absolute Gasteiger partial charge is 0.136 e. The Bertz CT molecular complexity index is 431. The molecule has 3 heteroatoms. The lowest BCUT2D eigenvalue weighted by molar-refractivity contribution is 0.329. The van der Waals surface area contributed by atoms with E-state index in [1.165, 1.54) is 0 Å². The van der Waals surface area contributed by atoms with Gasteiger partial charge in [-0.1, -0.05) is 19.9 Å². The summed E-state index contributed by atoms with van der Waals surface area (Å²) in [6.45, 7) is 7.37. The van der Waals surface area contributed by atoms with E-state index >= 15 is 0 Å². The van der Waals surface area contributed by atoms with Crippen molar-refractivity contribution < 1.29 is 4.74 Å². The second-order valence-corrected chi connectivity index (χ2v) is 4.77. The highest BCUT2D eigenvalue weighted by Gasteiger charge is 2.18. The van der Waals surface area contributed by atoms with Gasteiger partial charge in [0.25, 0.3) is 0 Å². The Morgan fingerprint density at radius 2 is 2.00 bits per heavy atom. The van der Waals surface area contributed by atoms with Crippen LogP contribution in [0, 0.1) is 11.3 Å². The van der Waals surface area contributed by atoms with Gasteiger partial charge in [0.2, 0.25) is 0 Å². The molecule has 0 saturated carbocycles. The lowest BCUT2D eigenvalue weighted by Crippen LogP contribution is -2.40. The molecule has 0 aromatic heterocycles. The molecular weight excluding hydrogens is 224 g/mol. The van der Waals surface area contributed by atoms with E-state index in [2.05, 4.69) is 32.2 Å². The van der Waals surface area contributed by atoms with Gasteiger partial charge < -0.3 is 10.1 Å². The molecular formula is C15H22N2O. The van der Waals surface area contributed by atoms with Gasteiger partial charge in [-0.3, -0.25) is 0 Å². The monoisotopic (exact) mass is 246 g/mol. The lowest BCUT2D eigenvalue weighted by atomic mass is 9.95. The molecule has 0 atom stereocenters. The molecule has 1 aromatic rings. The van der Waals surface area contributed by atoms with Crippen molar-refractivity contribution in [3.05, 3.63) is 29.3 Å². The van der Waals surface area contributed by atoms with Crippen LogP contribution >= 0.6 is 0 Å². The minimum Gasteiger partial charge on any atom is -0.495 e. The highest BCUT2D eigenvalue weighted by atomic mass is 16.5. The maximum atomic E-state index is 9.04. The molecule has 0 aliphatic rings. The molecule has 1 rings (SSSR count). The third-order valence-corrected chi connectivity index (χ3v) is 3.66. The predicted octanol–water partition coefficient (Wildman–Crippen LogP) is 3.24. The molecule has 1 N–H and O–H groups in total. The Hall–Kier alpha value is -1.53. The molecule has 1 aromatic carbocycles. The number of nitrogens with zero attached hydrogens (tertiary/aromatic N) is 1. The molecule has 0 aliphatic carbocycles. The average Bonchev–Trinajstić information content (AvgIpc) is 2.44. The predicted molar refractivity (Wildman–Crippen MR) is 73.5 cm³/mol. The molecule has 0 radical (unpaired) electrons. The molecule has 18 heavy (non-hydrogen) atoms. The van der Waals surface area contributed by atoms with Crippen molar-refractivity contribution in [3.63, 3.8) is 0 Å². The van der Waals surface area contributed by atoms with Crippen LogP contribution in [-0.4, -0.2) is 12.6 Å². The maximum absolute atomic E-state index is 9.04. The minimum absolute atomic E-state index is 0.159. The summed E-state index contributed by atoms with van der Waals surface area (Å²) in [7, 11) is 1.58. The van der Waals surface area contributed by atoms with E-state index in [4.69, 9.17) is 10.00 Å². The van der Waals surface area contributed by atoms with Crippen molar-refractivity contribution in [2.75, 3.05) is 7.11 Å². The van der Waals surface area contributed by atoms with Crippen LogP contribution in [0.15, 0.2) is 18.2 Å². The van der Waals surface area contributed by atoms with Gasteiger partial charge >= 0.3 is 0 Å². The third kappa shape index (κ3) is 3.48. The van der Waals surface area contributed by atoms with Crippen LogP contribution in [-0.2, 0) is 6.54 Å². The van der Waals surface area contributed by atoms with Gasteiger partial charge in [0.1, 0.15) is 11.8 Å². The van der Waals surface area contributed by atoms with Crippen LogP contribution in [0.5, 0.6) is 5.75 Å². The average molecular weight is 246 g/mol. The van der Waals surface area contributed by atoms with Crippen molar-refractivity contribution >= 4 is 0 Å². The number of hydrogen-bond donors (Lipinski definition) is 1. The van der Waals surface area contributed by atoms with Crippen LogP contribution in [0.2, 0.25) is 0 Å². The maximum Gasteiger partial charge on any atom is 0.136 e. The van der Waals surface area contributed by atoms with Crippen LogP contribution < -0.4 is 10.1 Å². The largest absolute Gasteiger partial charge is 0.495 e. The number of nitrogens with one attached hydrogen (secondary N) is 1. The Morgan fingerprint density at radius 3 is 2.50 bits per heavy atom. The highest BCUT2D eigenvalue weighted by molar-refractivity contribution is 5.45. The zero-order valence-corrected chi connectivity index (χ0v) is 11.7. The second-order valence-electron chi connectivity index (χ2n) is 4.77. The fourth-order valence-electron chi connectivity index (χ4n) is 1.77. The Balaban J connectivity index is 2.78. The third-order valence-electron chi connectivity index (χ3n) is 3.66. The quantitative estimate of drug-likeness (QED) is 0.838. The van der Waals surface area contributed by atoms with E-state index in [9.17, 15) is 0 Å². The number of methoxy groups -OCH3 is 1. The molecule has 98 valence electrons. The van der Waals surface area contributed by atoms with E-state index in [-0.39, 0.29) is 5.54 Å². The van der Waals surface area contributed by atoms with Crippen molar-refractivity contribution in [2.45, 2.75) is 45.7 Å². The molecule has 0 bridgehead atoms. The first-order valence-corrected chi connectivity index (χ1v) is 6.40. The fraction of sp³-hybridized carbons (Fsp3) is 0.533. The lowest BCUT2D eigenvalue weighted by Gasteiger charge is -2.28. The standard InChI is InChI=1S/C15H22N2O/c1-5-15(3,6-2)17-11-12-7-8-14(18-4)13(9-12)10-16/h7-9,17H,5-6,11H2,1-4H3. The van der Waals surface area contributed by atoms with Gasteiger partial charge in [-0.2, -0.15) is 5.26 Å². The fourth-order valence-corrected chi connectivity index (χ4v) is 1.77. The molecule has 0 spiro atoms. The van der Waals surface area contributed by atoms with Gasteiger partial charge in [0.15, 0.2) is 0 Å². The van der Waals surface area contributed by atoms with E-state index in [1.54, 1.807) is 7.11 Å². The van der Waals surface area contributed by atoms with Crippen LogP contribution in [0.25, 0.3) is 0 Å². The summed E-state index contributed by atoms with van der Waals surface area (Å²) >= 11 is 0. The SMILES string of the molecule is CCC(C)(CC)NCc1ccc(OC)c(C#N)c1. The van der Waals surface area contributed by atoms with Gasteiger partial charge in [0.05, 0.1) is 12.7 Å². The molecule has 0 aliphatic heterocycles. The van der Waals surface area contributed by atoms with E-state index < -0.39 is 0 Å². The molecule has 0 heterocycles. The number of benzene rings is 1. The topological polar surface area (TPSA) is 45.0 Å².